The number of aromatic amines is 1. The third kappa shape index (κ3) is 5.59. The van der Waals surface area contributed by atoms with Gasteiger partial charge in [0.1, 0.15) is 0 Å². The number of aliphatic hydroxyl groups is 1. The molecule has 5 nitrogen and oxygen atoms in total. The Labute approximate surface area is 156 Å². The number of H-pyrrole nitrogens is 1. The second kappa shape index (κ2) is 9.04. The third-order valence-corrected chi connectivity index (χ3v) is 4.51. The summed E-state index contributed by atoms with van der Waals surface area (Å²) in [5.41, 5.74) is 1.08. The van der Waals surface area contributed by atoms with Crippen molar-refractivity contribution >= 4 is 29.1 Å². The Morgan fingerprint density at radius 3 is 2.60 bits per heavy atom. The zero-order valence-electron chi connectivity index (χ0n) is 13.8. The Morgan fingerprint density at radius 1 is 1.24 bits per heavy atom. The monoisotopic (exact) mass is 382 g/mol. The third-order valence-electron chi connectivity index (χ3n) is 3.77. The molecule has 2 aromatic rings. The SMILES string of the molecule is CCCN(CC(O)c1ccc(=O)[nH]c1)C(=O)Cc1ccc(Cl)c(Cl)c1. The van der Waals surface area contributed by atoms with E-state index in [1.165, 1.54) is 12.3 Å². The fourth-order valence-electron chi connectivity index (χ4n) is 2.47. The first-order chi connectivity index (χ1) is 11.9. The van der Waals surface area contributed by atoms with Gasteiger partial charge in [0.15, 0.2) is 0 Å². The van der Waals surface area contributed by atoms with Crippen LogP contribution in [0.5, 0.6) is 0 Å². The molecule has 2 N–H and O–H groups in total. The summed E-state index contributed by atoms with van der Waals surface area (Å²) in [7, 11) is 0. The van der Waals surface area contributed by atoms with Crippen molar-refractivity contribution in [3.8, 4) is 0 Å². The maximum Gasteiger partial charge on any atom is 0.247 e. The first-order valence-electron chi connectivity index (χ1n) is 7.99. The summed E-state index contributed by atoms with van der Waals surface area (Å²) in [6.07, 6.45) is 1.53. The van der Waals surface area contributed by atoms with Crippen LogP contribution in [0, 0.1) is 0 Å². The van der Waals surface area contributed by atoms with Gasteiger partial charge in [0.25, 0.3) is 0 Å². The maximum absolute atomic E-state index is 12.6. The highest BCUT2D eigenvalue weighted by molar-refractivity contribution is 6.42. The van der Waals surface area contributed by atoms with Crippen molar-refractivity contribution in [3.05, 3.63) is 68.1 Å². The fraction of sp³-hybridized carbons (Fsp3) is 0.333. The first-order valence-corrected chi connectivity index (χ1v) is 8.74. The maximum atomic E-state index is 12.6. The van der Waals surface area contributed by atoms with Crippen LogP contribution >= 0.6 is 23.2 Å². The molecule has 0 aliphatic heterocycles. The number of carbonyl (C=O) groups excluding carboxylic acids is 1. The van der Waals surface area contributed by atoms with Gasteiger partial charge >= 0.3 is 0 Å². The number of rotatable bonds is 7. The topological polar surface area (TPSA) is 73.4 Å². The number of aliphatic hydroxyl groups excluding tert-OH is 1. The van der Waals surface area contributed by atoms with Gasteiger partial charge < -0.3 is 15.0 Å². The summed E-state index contributed by atoms with van der Waals surface area (Å²) < 4.78 is 0. The highest BCUT2D eigenvalue weighted by Gasteiger charge is 2.19. The molecule has 1 heterocycles. The van der Waals surface area contributed by atoms with E-state index >= 15 is 0 Å². The number of amides is 1. The summed E-state index contributed by atoms with van der Waals surface area (Å²) in [6.45, 7) is 2.65. The molecule has 134 valence electrons. The van der Waals surface area contributed by atoms with Crippen LogP contribution in [0.3, 0.4) is 0 Å². The van der Waals surface area contributed by atoms with Crippen molar-refractivity contribution in [2.45, 2.75) is 25.9 Å². The molecule has 0 radical (unpaired) electrons. The normalized spacial score (nSPS) is 12.0. The van der Waals surface area contributed by atoms with Crippen LogP contribution in [0.4, 0.5) is 0 Å². The Bertz CT molecular complexity index is 772. The molecule has 0 saturated carbocycles. The minimum atomic E-state index is -0.874. The van der Waals surface area contributed by atoms with E-state index < -0.39 is 6.10 Å². The number of nitrogens with zero attached hydrogens (tertiary/aromatic N) is 1. The molecule has 7 heteroatoms. The van der Waals surface area contributed by atoms with E-state index in [1.807, 2.05) is 6.92 Å². The molecule has 1 amide bonds. The molecule has 25 heavy (non-hydrogen) atoms. The molecule has 1 atom stereocenters. The highest BCUT2D eigenvalue weighted by Crippen LogP contribution is 2.23. The first kappa shape index (κ1) is 19.5. The summed E-state index contributed by atoms with van der Waals surface area (Å²) in [6, 6.07) is 7.99. The average Bonchev–Trinajstić information content (AvgIpc) is 2.58. The number of nitrogens with one attached hydrogen (secondary N) is 1. The number of pyridine rings is 1. The lowest BCUT2D eigenvalue weighted by atomic mass is 10.1. The van der Waals surface area contributed by atoms with Crippen LogP contribution in [0.2, 0.25) is 10.0 Å². The quantitative estimate of drug-likeness (QED) is 0.771. The van der Waals surface area contributed by atoms with Gasteiger partial charge in [-0.05, 0) is 35.7 Å². The largest absolute Gasteiger partial charge is 0.386 e. The van der Waals surface area contributed by atoms with E-state index in [4.69, 9.17) is 23.2 Å². The van der Waals surface area contributed by atoms with Gasteiger partial charge in [-0.1, -0.05) is 36.2 Å². The van der Waals surface area contributed by atoms with E-state index in [1.54, 1.807) is 29.2 Å². The fourth-order valence-corrected chi connectivity index (χ4v) is 2.79. The zero-order chi connectivity index (χ0) is 18.4. The van der Waals surface area contributed by atoms with Crippen LogP contribution in [0.25, 0.3) is 0 Å². The van der Waals surface area contributed by atoms with Gasteiger partial charge in [-0.3, -0.25) is 9.59 Å². The summed E-state index contributed by atoms with van der Waals surface area (Å²) >= 11 is 11.9. The van der Waals surface area contributed by atoms with E-state index in [9.17, 15) is 14.7 Å². The van der Waals surface area contributed by atoms with Gasteiger partial charge in [0.2, 0.25) is 11.5 Å². The molecular weight excluding hydrogens is 363 g/mol. The molecule has 1 aromatic heterocycles. The smallest absolute Gasteiger partial charge is 0.247 e. The van der Waals surface area contributed by atoms with Gasteiger partial charge in [0, 0.05) is 18.8 Å². The van der Waals surface area contributed by atoms with Gasteiger partial charge in [0.05, 0.1) is 29.1 Å². The lowest BCUT2D eigenvalue weighted by Gasteiger charge is -2.25. The second-order valence-corrected chi connectivity index (χ2v) is 6.58. The number of hydrogen-bond donors (Lipinski definition) is 2. The average molecular weight is 383 g/mol. The molecule has 2 rings (SSSR count). The Balaban J connectivity index is 2.07. The standard InChI is InChI=1S/C18H20Cl2N2O3/c1-2-7-22(11-16(23)13-4-6-17(24)21-10-13)18(25)9-12-3-5-14(19)15(20)8-12/h3-6,8,10,16,23H,2,7,9,11H2,1H3,(H,21,24). The Morgan fingerprint density at radius 2 is 2.00 bits per heavy atom. The lowest BCUT2D eigenvalue weighted by Crippen LogP contribution is -2.36. The van der Waals surface area contributed by atoms with Crippen molar-refractivity contribution in [2.75, 3.05) is 13.1 Å². The zero-order valence-corrected chi connectivity index (χ0v) is 15.3. The number of hydrogen-bond acceptors (Lipinski definition) is 3. The van der Waals surface area contributed by atoms with Crippen LogP contribution < -0.4 is 5.56 Å². The van der Waals surface area contributed by atoms with Crippen LogP contribution in [-0.2, 0) is 11.2 Å². The summed E-state index contributed by atoms with van der Waals surface area (Å²) in [5, 5.41) is 11.2. The van der Waals surface area contributed by atoms with E-state index in [2.05, 4.69) is 4.98 Å². The molecule has 1 aromatic carbocycles. The molecular formula is C18H20Cl2N2O3. The summed E-state index contributed by atoms with van der Waals surface area (Å²) in [4.78, 5) is 27.8. The number of halogens is 2. The molecule has 0 aliphatic carbocycles. The van der Waals surface area contributed by atoms with Gasteiger partial charge in [-0.2, -0.15) is 0 Å². The minimum Gasteiger partial charge on any atom is -0.386 e. The van der Waals surface area contributed by atoms with Gasteiger partial charge in [-0.25, -0.2) is 0 Å². The van der Waals surface area contributed by atoms with Crippen molar-refractivity contribution in [1.29, 1.82) is 0 Å². The molecule has 0 fully saturated rings. The van der Waals surface area contributed by atoms with Crippen molar-refractivity contribution in [2.24, 2.45) is 0 Å². The number of benzene rings is 1. The molecule has 0 spiro atoms. The van der Waals surface area contributed by atoms with Crippen molar-refractivity contribution in [1.82, 2.24) is 9.88 Å². The van der Waals surface area contributed by atoms with Crippen molar-refractivity contribution < 1.29 is 9.90 Å². The second-order valence-electron chi connectivity index (χ2n) is 5.77. The van der Waals surface area contributed by atoms with Crippen LogP contribution in [0.15, 0.2) is 41.3 Å². The van der Waals surface area contributed by atoms with E-state index in [0.29, 0.717) is 22.2 Å². The molecule has 1 unspecified atom stereocenters. The Kier molecular flexibility index (Phi) is 7.05. The van der Waals surface area contributed by atoms with Gasteiger partial charge in [-0.15, -0.1) is 0 Å². The van der Waals surface area contributed by atoms with Crippen molar-refractivity contribution in [3.63, 3.8) is 0 Å². The highest BCUT2D eigenvalue weighted by atomic mass is 35.5. The molecule has 0 bridgehead atoms. The minimum absolute atomic E-state index is 0.108. The lowest BCUT2D eigenvalue weighted by molar-refractivity contribution is -0.132. The van der Waals surface area contributed by atoms with Crippen LogP contribution in [0.1, 0.15) is 30.6 Å². The van der Waals surface area contributed by atoms with E-state index in [0.717, 1.165) is 12.0 Å². The Hall–Kier alpha value is -1.82. The van der Waals surface area contributed by atoms with E-state index in [-0.39, 0.29) is 24.4 Å². The molecule has 0 saturated heterocycles. The predicted molar refractivity (Wildman–Crippen MR) is 99.1 cm³/mol. The number of aromatic nitrogens is 1. The summed E-state index contributed by atoms with van der Waals surface area (Å²) in [5.74, 6) is -0.108. The van der Waals surface area contributed by atoms with Crippen LogP contribution in [-0.4, -0.2) is 34.0 Å². The number of carbonyl (C=O) groups is 1. The predicted octanol–water partition coefficient (Wildman–Crippen LogP) is 3.20. The molecule has 0 aliphatic rings.